The van der Waals surface area contributed by atoms with Crippen molar-refractivity contribution in [1.29, 1.82) is 0 Å². The number of imidazole rings is 1. The first kappa shape index (κ1) is 40.0. The maximum absolute atomic E-state index is 13.7. The fourth-order valence-corrected chi connectivity index (χ4v) is 6.56. The summed E-state index contributed by atoms with van der Waals surface area (Å²) in [7, 11) is 0. The van der Waals surface area contributed by atoms with Gasteiger partial charge >= 0.3 is 12.2 Å². The molecule has 1 aliphatic heterocycles. The van der Waals surface area contributed by atoms with E-state index in [1.54, 1.807) is 49.5 Å². The molecule has 0 bridgehead atoms. The molecule has 3 aromatic carbocycles. The number of aromatic nitrogens is 3. The summed E-state index contributed by atoms with van der Waals surface area (Å²) < 4.78 is 42.6. The number of carbonyl (C=O) groups excluding carboxylic acids is 4. The van der Waals surface area contributed by atoms with Gasteiger partial charge in [0.2, 0.25) is 0 Å². The number of hydrogen-bond acceptors (Lipinski definition) is 6. The number of aryl methyl sites for hydroxylation is 2. The van der Waals surface area contributed by atoms with Gasteiger partial charge in [-0.2, -0.15) is 13.2 Å². The summed E-state index contributed by atoms with van der Waals surface area (Å²) in [6, 6.07) is 13.5. The Labute approximate surface area is 326 Å². The van der Waals surface area contributed by atoms with Gasteiger partial charge in [0.05, 0.1) is 34.4 Å². The van der Waals surface area contributed by atoms with Gasteiger partial charge in [0.15, 0.2) is 0 Å². The molecule has 0 aliphatic carbocycles. The summed E-state index contributed by atoms with van der Waals surface area (Å²) in [6.07, 6.45) is -0.0850. The van der Waals surface area contributed by atoms with Crippen LogP contribution in [0.25, 0.3) is 17.3 Å². The average Bonchev–Trinajstić information content (AvgIpc) is 3.82. The third kappa shape index (κ3) is 9.24. The second-order valence-corrected chi connectivity index (χ2v) is 13.5. The normalized spacial score (nSPS) is 13.1. The number of hydrogen-bond donors (Lipinski definition) is 6. The third-order valence-electron chi connectivity index (χ3n) is 9.56. The van der Waals surface area contributed by atoms with E-state index in [4.69, 9.17) is 0 Å². The second kappa shape index (κ2) is 16.6. The van der Waals surface area contributed by atoms with Crippen LogP contribution in [0.5, 0.6) is 0 Å². The molecular weight excluding hydrogens is 740 g/mol. The van der Waals surface area contributed by atoms with Crippen molar-refractivity contribution in [3.63, 3.8) is 0 Å². The van der Waals surface area contributed by atoms with E-state index in [-0.39, 0.29) is 34.4 Å². The molecule has 6 rings (SSSR count). The summed E-state index contributed by atoms with van der Waals surface area (Å²) >= 11 is 0. The van der Waals surface area contributed by atoms with E-state index in [1.807, 2.05) is 13.8 Å². The number of nitrogens with zero attached hydrogens (tertiary/aromatic N) is 3. The first-order valence-electron chi connectivity index (χ1n) is 18.2. The zero-order valence-electron chi connectivity index (χ0n) is 31.9. The average molecular weight is 782 g/mol. The van der Waals surface area contributed by atoms with Gasteiger partial charge in [-0.25, -0.2) is 9.78 Å². The van der Waals surface area contributed by atoms with Crippen LogP contribution >= 0.6 is 0 Å². The molecule has 16 heteroatoms. The van der Waals surface area contributed by atoms with Gasteiger partial charge in [0, 0.05) is 64.6 Å². The predicted octanol–water partition coefficient (Wildman–Crippen LogP) is 7.61. The highest BCUT2D eigenvalue weighted by molar-refractivity contribution is 6.35. The van der Waals surface area contributed by atoms with Gasteiger partial charge < -0.3 is 41.0 Å². The largest absolute Gasteiger partial charge is 0.416 e. The molecule has 57 heavy (non-hydrogen) atoms. The zero-order valence-corrected chi connectivity index (χ0v) is 31.9. The molecule has 0 atom stereocenters. The van der Waals surface area contributed by atoms with Crippen molar-refractivity contribution < 1.29 is 32.3 Å². The highest BCUT2D eigenvalue weighted by Crippen LogP contribution is 2.36. The maximum Gasteiger partial charge on any atom is 0.416 e. The Morgan fingerprint density at radius 1 is 0.895 bits per heavy atom. The fourth-order valence-electron chi connectivity index (χ4n) is 6.56. The number of H-pyrrole nitrogens is 1. The number of amides is 5. The Morgan fingerprint density at radius 3 is 2.26 bits per heavy atom. The van der Waals surface area contributed by atoms with E-state index in [0.29, 0.717) is 57.3 Å². The number of benzene rings is 3. The molecule has 0 unspecified atom stereocenters. The summed E-state index contributed by atoms with van der Waals surface area (Å²) in [4.78, 5) is 61.8. The zero-order chi connectivity index (χ0) is 41.0. The topological polar surface area (TPSA) is 165 Å². The standard InChI is InChI=1S/C41H42F3N9O4/c1-6-52(7-2)14-13-45-39(56)36-24(4)34(47-25(36)5)20-33-32-12-11-30(19-35(32)51-38(33)55)50-40(57)49-29-10-8-9-28(18-29)48-37(54)26-15-27(41(42,43)44)17-31(16-26)53-21-23(3)46-22-53/h8-12,15-22,47H,6-7,13-14H2,1-5H3,(H,45,56)(H,48,54)(H,51,55)(H2,49,50,57). The van der Waals surface area contributed by atoms with Crippen molar-refractivity contribution in [3.05, 3.63) is 118 Å². The number of alkyl halides is 3. The number of likely N-dealkylation sites (N-methyl/N-ethyl adjacent to an activating group) is 1. The van der Waals surface area contributed by atoms with Crippen LogP contribution in [0.2, 0.25) is 0 Å². The maximum atomic E-state index is 13.7. The lowest BCUT2D eigenvalue weighted by Crippen LogP contribution is -2.35. The highest BCUT2D eigenvalue weighted by atomic mass is 19.4. The molecule has 1 aliphatic rings. The predicted molar refractivity (Wildman–Crippen MR) is 214 cm³/mol. The molecule has 5 amide bonds. The van der Waals surface area contributed by atoms with Crippen molar-refractivity contribution in [3.8, 4) is 5.69 Å². The van der Waals surface area contributed by atoms with Gasteiger partial charge in [-0.1, -0.05) is 26.0 Å². The summed E-state index contributed by atoms with van der Waals surface area (Å²) in [5, 5.41) is 13.8. The van der Waals surface area contributed by atoms with Gasteiger partial charge in [-0.15, -0.1) is 0 Å². The van der Waals surface area contributed by atoms with Crippen LogP contribution in [0.15, 0.2) is 73.2 Å². The number of fused-ring (bicyclic) bond motifs is 1. The Morgan fingerprint density at radius 2 is 1.60 bits per heavy atom. The molecule has 0 radical (unpaired) electrons. The first-order valence-corrected chi connectivity index (χ1v) is 18.2. The van der Waals surface area contributed by atoms with E-state index in [1.165, 1.54) is 29.1 Å². The minimum Gasteiger partial charge on any atom is -0.358 e. The number of anilines is 4. The molecule has 296 valence electrons. The SMILES string of the molecule is CCN(CC)CCNC(=O)c1c(C)[nH]c(C=C2C(=O)Nc3cc(NC(=O)Nc4cccc(NC(=O)c5cc(-n6cnc(C)c6)cc(C(F)(F)F)c5)c4)ccc32)c1C. The minimum absolute atomic E-state index is 0.114. The Kier molecular flexibility index (Phi) is 11.6. The summed E-state index contributed by atoms with van der Waals surface area (Å²) in [6.45, 7) is 12.5. The number of carbonyl (C=O) groups is 4. The molecule has 2 aromatic heterocycles. The fraction of sp³-hybridized carbons (Fsp3) is 0.244. The van der Waals surface area contributed by atoms with Crippen molar-refractivity contribution in [2.75, 3.05) is 47.4 Å². The Balaban J connectivity index is 1.11. The van der Waals surface area contributed by atoms with Crippen LogP contribution < -0.4 is 26.6 Å². The van der Waals surface area contributed by atoms with Gasteiger partial charge in [0.1, 0.15) is 0 Å². The molecule has 0 saturated carbocycles. The van der Waals surface area contributed by atoms with Gasteiger partial charge in [-0.05, 0) is 94.0 Å². The molecule has 0 spiro atoms. The van der Waals surface area contributed by atoms with Crippen LogP contribution in [0.3, 0.4) is 0 Å². The summed E-state index contributed by atoms with van der Waals surface area (Å²) in [5.74, 6) is -1.32. The smallest absolute Gasteiger partial charge is 0.358 e. The number of nitrogens with one attached hydrogen (secondary N) is 6. The summed E-state index contributed by atoms with van der Waals surface area (Å²) in [5.41, 5.74) is 4.41. The molecule has 3 heterocycles. The van der Waals surface area contributed by atoms with E-state index in [2.05, 4.69) is 55.3 Å². The van der Waals surface area contributed by atoms with Crippen molar-refractivity contribution in [1.82, 2.24) is 24.8 Å². The van der Waals surface area contributed by atoms with Crippen LogP contribution in [0, 0.1) is 20.8 Å². The van der Waals surface area contributed by atoms with E-state index in [0.717, 1.165) is 31.8 Å². The highest BCUT2D eigenvalue weighted by Gasteiger charge is 2.32. The van der Waals surface area contributed by atoms with Crippen LogP contribution in [-0.2, 0) is 11.0 Å². The number of rotatable bonds is 12. The lowest BCUT2D eigenvalue weighted by atomic mass is 10.0. The molecule has 5 aromatic rings. The third-order valence-corrected chi connectivity index (χ3v) is 9.56. The quantitative estimate of drug-likeness (QED) is 0.0714. The lowest BCUT2D eigenvalue weighted by Gasteiger charge is -2.18. The van der Waals surface area contributed by atoms with Crippen molar-refractivity contribution in [2.24, 2.45) is 0 Å². The molecule has 0 saturated heterocycles. The Hall–Kier alpha value is -6.68. The van der Waals surface area contributed by atoms with Gasteiger partial charge in [0.25, 0.3) is 17.7 Å². The molecule has 6 N–H and O–H groups in total. The van der Waals surface area contributed by atoms with Crippen molar-refractivity contribution in [2.45, 2.75) is 40.8 Å². The lowest BCUT2D eigenvalue weighted by molar-refractivity contribution is -0.137. The molecular formula is C41H42F3N9O4. The van der Waals surface area contributed by atoms with E-state index < -0.39 is 23.7 Å². The van der Waals surface area contributed by atoms with E-state index in [9.17, 15) is 32.3 Å². The molecule has 0 fully saturated rings. The van der Waals surface area contributed by atoms with Crippen molar-refractivity contribution >= 4 is 58.2 Å². The minimum atomic E-state index is -4.70. The monoisotopic (exact) mass is 781 g/mol. The van der Waals surface area contributed by atoms with Crippen LogP contribution in [-0.4, -0.2) is 69.4 Å². The number of aromatic amines is 1. The second-order valence-electron chi connectivity index (χ2n) is 13.5. The molecule has 13 nitrogen and oxygen atoms in total. The number of halogens is 3. The van der Waals surface area contributed by atoms with Crippen LogP contribution in [0.1, 0.15) is 68.3 Å². The first-order chi connectivity index (χ1) is 27.1. The van der Waals surface area contributed by atoms with E-state index >= 15 is 0 Å². The number of urea groups is 1. The van der Waals surface area contributed by atoms with Gasteiger partial charge in [-0.3, -0.25) is 14.4 Å². The van der Waals surface area contributed by atoms with Crippen LogP contribution in [0.4, 0.5) is 40.7 Å². The Bertz CT molecular complexity index is 2390.